The lowest BCUT2D eigenvalue weighted by Gasteiger charge is -2.28. The number of amides is 1. The second-order valence-electron chi connectivity index (χ2n) is 5.72. The summed E-state index contributed by atoms with van der Waals surface area (Å²) in [6.45, 7) is 5.19. The van der Waals surface area contributed by atoms with Crippen LogP contribution in [0.3, 0.4) is 0 Å². The largest absolute Gasteiger partial charge is 0.378 e. The molecule has 1 saturated heterocycles. The highest BCUT2D eigenvalue weighted by molar-refractivity contribution is 7.12. The van der Waals surface area contributed by atoms with Gasteiger partial charge < -0.3 is 15.0 Å². The zero-order chi connectivity index (χ0) is 17.6. The number of anilines is 2. The number of hydrogen-bond acceptors (Lipinski definition) is 5. The summed E-state index contributed by atoms with van der Waals surface area (Å²) in [7, 11) is 0. The summed E-state index contributed by atoms with van der Waals surface area (Å²) in [6.07, 6.45) is 1.62. The van der Waals surface area contributed by atoms with Crippen LogP contribution in [-0.2, 0) is 9.53 Å². The number of nitrogens with one attached hydrogen (secondary N) is 1. The second-order valence-corrected chi connectivity index (χ2v) is 7.04. The molecule has 0 aliphatic carbocycles. The van der Waals surface area contributed by atoms with Crippen LogP contribution in [0, 0.1) is 18.3 Å². The molecule has 2 aromatic rings. The van der Waals surface area contributed by atoms with Gasteiger partial charge in [-0.15, -0.1) is 11.3 Å². The lowest BCUT2D eigenvalue weighted by molar-refractivity contribution is -0.112. The summed E-state index contributed by atoms with van der Waals surface area (Å²) in [5, 5.41) is 12.0. The molecule has 1 N–H and O–H groups in total. The third-order valence-corrected chi connectivity index (χ3v) is 4.86. The van der Waals surface area contributed by atoms with Gasteiger partial charge in [-0.3, -0.25) is 4.79 Å². The van der Waals surface area contributed by atoms with E-state index in [4.69, 9.17) is 4.74 Å². The van der Waals surface area contributed by atoms with Crippen LogP contribution in [0.25, 0.3) is 6.08 Å². The highest BCUT2D eigenvalue weighted by atomic mass is 32.1. The molecular formula is C19H19N3O2S. The van der Waals surface area contributed by atoms with E-state index in [2.05, 4.69) is 10.2 Å². The van der Waals surface area contributed by atoms with E-state index < -0.39 is 5.91 Å². The Hall–Kier alpha value is -2.62. The number of ether oxygens (including phenoxy) is 1. The van der Waals surface area contributed by atoms with Gasteiger partial charge in [0.15, 0.2) is 0 Å². The van der Waals surface area contributed by atoms with Crippen LogP contribution in [0.1, 0.15) is 9.75 Å². The zero-order valence-electron chi connectivity index (χ0n) is 14.0. The van der Waals surface area contributed by atoms with E-state index in [0.29, 0.717) is 5.69 Å². The molecule has 0 unspecified atom stereocenters. The first-order chi connectivity index (χ1) is 12.2. The first-order valence-electron chi connectivity index (χ1n) is 8.08. The molecule has 0 radical (unpaired) electrons. The maximum Gasteiger partial charge on any atom is 0.266 e. The number of aryl methyl sites for hydroxylation is 1. The smallest absolute Gasteiger partial charge is 0.266 e. The van der Waals surface area contributed by atoms with Crippen molar-refractivity contribution in [2.75, 3.05) is 36.5 Å². The van der Waals surface area contributed by atoms with E-state index in [0.717, 1.165) is 41.7 Å². The Morgan fingerprint density at radius 3 is 2.56 bits per heavy atom. The topological polar surface area (TPSA) is 65.4 Å². The monoisotopic (exact) mass is 353 g/mol. The second kappa shape index (κ2) is 7.97. The fourth-order valence-corrected chi connectivity index (χ4v) is 3.42. The Morgan fingerprint density at radius 2 is 1.96 bits per heavy atom. The standard InChI is InChI=1S/C19H19N3O2S/c1-14-2-7-18(25-14)12-15(13-20)19(23)21-16-3-5-17(6-4-16)22-8-10-24-11-9-22/h2-7,12H,8-11H2,1H3,(H,21,23). The molecular weight excluding hydrogens is 334 g/mol. The average molecular weight is 353 g/mol. The number of rotatable bonds is 4. The Morgan fingerprint density at radius 1 is 1.24 bits per heavy atom. The molecule has 0 spiro atoms. The first kappa shape index (κ1) is 17.2. The van der Waals surface area contributed by atoms with Gasteiger partial charge in [0, 0.05) is 34.2 Å². The number of hydrogen-bond donors (Lipinski definition) is 1. The van der Waals surface area contributed by atoms with E-state index in [-0.39, 0.29) is 5.57 Å². The molecule has 0 saturated carbocycles. The van der Waals surface area contributed by atoms with Crippen molar-refractivity contribution < 1.29 is 9.53 Å². The minimum Gasteiger partial charge on any atom is -0.378 e. The Bertz CT molecular complexity index is 812. The number of nitriles is 1. The van der Waals surface area contributed by atoms with Crippen molar-refractivity contribution >= 4 is 34.7 Å². The van der Waals surface area contributed by atoms with E-state index >= 15 is 0 Å². The van der Waals surface area contributed by atoms with Crippen LogP contribution in [0.2, 0.25) is 0 Å². The molecule has 0 atom stereocenters. The third-order valence-electron chi connectivity index (χ3n) is 3.91. The minimum absolute atomic E-state index is 0.0964. The summed E-state index contributed by atoms with van der Waals surface area (Å²) in [6, 6.07) is 13.5. The molecule has 0 bridgehead atoms. The van der Waals surface area contributed by atoms with Crippen LogP contribution < -0.4 is 10.2 Å². The fraction of sp³-hybridized carbons (Fsp3) is 0.263. The van der Waals surface area contributed by atoms with Gasteiger partial charge in [0.2, 0.25) is 0 Å². The first-order valence-corrected chi connectivity index (χ1v) is 8.90. The van der Waals surface area contributed by atoms with Crippen LogP contribution in [0.5, 0.6) is 0 Å². The van der Waals surface area contributed by atoms with Crippen LogP contribution >= 0.6 is 11.3 Å². The van der Waals surface area contributed by atoms with Crippen molar-refractivity contribution in [3.63, 3.8) is 0 Å². The molecule has 1 fully saturated rings. The van der Waals surface area contributed by atoms with Gasteiger partial charge in [-0.05, 0) is 49.4 Å². The lowest BCUT2D eigenvalue weighted by Crippen LogP contribution is -2.36. The van der Waals surface area contributed by atoms with Gasteiger partial charge in [-0.25, -0.2) is 0 Å². The number of benzene rings is 1. The average Bonchev–Trinajstić information content (AvgIpc) is 3.06. The van der Waals surface area contributed by atoms with Gasteiger partial charge in [0.1, 0.15) is 11.6 Å². The molecule has 5 nitrogen and oxygen atoms in total. The molecule has 1 aliphatic heterocycles. The van der Waals surface area contributed by atoms with Gasteiger partial charge in [0.25, 0.3) is 5.91 Å². The van der Waals surface area contributed by atoms with Crippen molar-refractivity contribution in [1.29, 1.82) is 5.26 Å². The highest BCUT2D eigenvalue weighted by Gasteiger charge is 2.13. The number of thiophene rings is 1. The molecule has 1 amide bonds. The molecule has 1 aromatic carbocycles. The zero-order valence-corrected chi connectivity index (χ0v) is 14.8. The third kappa shape index (κ3) is 4.47. The van der Waals surface area contributed by atoms with Gasteiger partial charge in [0.05, 0.1) is 13.2 Å². The lowest BCUT2D eigenvalue weighted by atomic mass is 10.2. The SMILES string of the molecule is Cc1ccc(C=C(C#N)C(=O)Nc2ccc(N3CCOCC3)cc2)s1. The van der Waals surface area contributed by atoms with E-state index in [9.17, 15) is 10.1 Å². The fourth-order valence-electron chi connectivity index (χ4n) is 2.60. The maximum absolute atomic E-state index is 12.3. The van der Waals surface area contributed by atoms with Crippen LogP contribution in [-0.4, -0.2) is 32.2 Å². The Labute approximate surface area is 151 Å². The summed E-state index contributed by atoms with van der Waals surface area (Å²) in [5.74, 6) is -0.396. The number of morpholine rings is 1. The molecule has 2 heterocycles. The number of nitrogens with zero attached hydrogens (tertiary/aromatic N) is 2. The van der Waals surface area contributed by atoms with Crippen molar-refractivity contribution in [3.05, 3.63) is 51.7 Å². The van der Waals surface area contributed by atoms with Crippen molar-refractivity contribution in [2.24, 2.45) is 0 Å². The van der Waals surface area contributed by atoms with Crippen molar-refractivity contribution in [1.82, 2.24) is 0 Å². The van der Waals surface area contributed by atoms with Crippen LogP contribution in [0.4, 0.5) is 11.4 Å². The van der Waals surface area contributed by atoms with Gasteiger partial charge in [-0.1, -0.05) is 0 Å². The maximum atomic E-state index is 12.3. The predicted molar refractivity (Wildman–Crippen MR) is 101 cm³/mol. The highest BCUT2D eigenvalue weighted by Crippen LogP contribution is 2.21. The van der Waals surface area contributed by atoms with Crippen molar-refractivity contribution in [2.45, 2.75) is 6.92 Å². The van der Waals surface area contributed by atoms with E-state index in [1.54, 1.807) is 17.4 Å². The number of carbonyl (C=O) groups excluding carboxylic acids is 1. The van der Waals surface area contributed by atoms with Gasteiger partial charge >= 0.3 is 0 Å². The Kier molecular flexibility index (Phi) is 5.49. The molecule has 128 valence electrons. The molecule has 3 rings (SSSR count). The quantitative estimate of drug-likeness (QED) is 0.675. The molecule has 25 heavy (non-hydrogen) atoms. The summed E-state index contributed by atoms with van der Waals surface area (Å²) in [4.78, 5) is 16.6. The minimum atomic E-state index is -0.396. The van der Waals surface area contributed by atoms with E-state index in [1.165, 1.54) is 0 Å². The summed E-state index contributed by atoms with van der Waals surface area (Å²) < 4.78 is 5.35. The van der Waals surface area contributed by atoms with Crippen molar-refractivity contribution in [3.8, 4) is 6.07 Å². The van der Waals surface area contributed by atoms with Crippen LogP contribution in [0.15, 0.2) is 42.0 Å². The Balaban J connectivity index is 1.67. The molecule has 1 aliphatic rings. The molecule has 1 aromatic heterocycles. The summed E-state index contributed by atoms with van der Waals surface area (Å²) in [5.41, 5.74) is 1.87. The predicted octanol–water partition coefficient (Wildman–Crippen LogP) is 3.44. The molecule has 6 heteroatoms. The van der Waals surface area contributed by atoms with E-state index in [1.807, 2.05) is 49.4 Å². The normalized spacial score (nSPS) is 14.9. The van der Waals surface area contributed by atoms with Gasteiger partial charge in [-0.2, -0.15) is 5.26 Å². The summed E-state index contributed by atoms with van der Waals surface area (Å²) >= 11 is 1.55. The number of carbonyl (C=O) groups is 1.